The fourth-order valence-corrected chi connectivity index (χ4v) is 4.78. The largest absolute Gasteiger partial charge is 0.416 e. The van der Waals surface area contributed by atoms with E-state index in [9.17, 15) is 26.4 Å². The van der Waals surface area contributed by atoms with E-state index in [1.54, 1.807) is 12.3 Å². The molecular formula is C16H16F3N3O3S. The molecular weight excluding hydrogens is 371 g/mol. The molecule has 1 aromatic carbocycles. The maximum atomic E-state index is 13.0. The van der Waals surface area contributed by atoms with Gasteiger partial charge in [-0.2, -0.15) is 18.3 Å². The first kappa shape index (κ1) is 18.4. The van der Waals surface area contributed by atoms with Gasteiger partial charge in [0.05, 0.1) is 28.4 Å². The van der Waals surface area contributed by atoms with Crippen LogP contribution in [0.2, 0.25) is 0 Å². The highest BCUT2D eigenvalue weighted by atomic mass is 32.2. The van der Waals surface area contributed by atoms with Gasteiger partial charge in [-0.1, -0.05) is 0 Å². The van der Waals surface area contributed by atoms with E-state index in [0.29, 0.717) is 6.42 Å². The number of nitrogens with one attached hydrogen (secondary N) is 1. The third kappa shape index (κ3) is 4.24. The lowest BCUT2D eigenvalue weighted by molar-refractivity contribution is -0.137. The molecule has 1 fully saturated rings. The van der Waals surface area contributed by atoms with Crippen LogP contribution in [-0.2, 0) is 20.8 Å². The maximum Gasteiger partial charge on any atom is 0.416 e. The Kier molecular flexibility index (Phi) is 4.78. The van der Waals surface area contributed by atoms with Gasteiger partial charge in [0.25, 0.3) is 0 Å². The molecule has 26 heavy (non-hydrogen) atoms. The van der Waals surface area contributed by atoms with Gasteiger partial charge in [0, 0.05) is 18.8 Å². The minimum Gasteiger partial charge on any atom is -0.324 e. The van der Waals surface area contributed by atoms with Crippen LogP contribution in [-0.4, -0.2) is 35.6 Å². The van der Waals surface area contributed by atoms with Crippen LogP contribution in [0, 0.1) is 5.92 Å². The number of carbonyl (C=O) groups excluding carboxylic acids is 1. The molecule has 1 amide bonds. The van der Waals surface area contributed by atoms with E-state index in [1.165, 1.54) is 16.9 Å². The predicted octanol–water partition coefficient (Wildman–Crippen LogP) is 2.65. The third-order valence-electron chi connectivity index (χ3n) is 4.15. The van der Waals surface area contributed by atoms with E-state index in [4.69, 9.17) is 0 Å². The fourth-order valence-electron chi connectivity index (χ4n) is 2.92. The Hall–Kier alpha value is -2.36. The second-order valence-electron chi connectivity index (χ2n) is 6.20. The lowest BCUT2D eigenvalue weighted by Crippen LogP contribution is -2.19. The molecule has 0 bridgehead atoms. The summed E-state index contributed by atoms with van der Waals surface area (Å²) >= 11 is 0. The minimum atomic E-state index is -4.55. The normalized spacial score (nSPS) is 19.4. The highest BCUT2D eigenvalue weighted by Crippen LogP contribution is 2.33. The smallest absolute Gasteiger partial charge is 0.324 e. The summed E-state index contributed by atoms with van der Waals surface area (Å²) in [6.07, 6.45) is -1.23. The summed E-state index contributed by atoms with van der Waals surface area (Å²) in [5.41, 5.74) is -0.642. The highest BCUT2D eigenvalue weighted by molar-refractivity contribution is 7.91. The van der Waals surface area contributed by atoms with Crippen LogP contribution in [0.1, 0.15) is 18.4 Å². The van der Waals surface area contributed by atoms with Crippen molar-refractivity contribution in [1.82, 2.24) is 9.78 Å². The number of alkyl halides is 3. The molecule has 1 aromatic heterocycles. The summed E-state index contributed by atoms with van der Waals surface area (Å²) in [4.78, 5) is 12.2. The van der Waals surface area contributed by atoms with E-state index in [2.05, 4.69) is 10.4 Å². The van der Waals surface area contributed by atoms with Gasteiger partial charge < -0.3 is 5.32 Å². The van der Waals surface area contributed by atoms with Gasteiger partial charge in [0.15, 0.2) is 9.84 Å². The van der Waals surface area contributed by atoms with Crippen molar-refractivity contribution >= 4 is 21.4 Å². The molecule has 0 unspecified atom stereocenters. The number of benzene rings is 1. The fraction of sp³-hybridized carbons (Fsp3) is 0.375. The van der Waals surface area contributed by atoms with Crippen LogP contribution in [0.25, 0.3) is 5.69 Å². The van der Waals surface area contributed by atoms with Gasteiger partial charge in [0.1, 0.15) is 0 Å². The van der Waals surface area contributed by atoms with Crippen LogP contribution in [0.5, 0.6) is 0 Å². The first-order valence-corrected chi connectivity index (χ1v) is 9.68. The Morgan fingerprint density at radius 1 is 1.35 bits per heavy atom. The lowest BCUT2D eigenvalue weighted by atomic mass is 10.0. The van der Waals surface area contributed by atoms with Crippen molar-refractivity contribution in [3.63, 3.8) is 0 Å². The van der Waals surface area contributed by atoms with Crippen molar-refractivity contribution in [2.45, 2.75) is 19.0 Å². The highest BCUT2D eigenvalue weighted by Gasteiger charge is 2.32. The molecule has 0 radical (unpaired) electrons. The van der Waals surface area contributed by atoms with Crippen LogP contribution >= 0.6 is 0 Å². The number of aromatic nitrogens is 2. The second-order valence-corrected chi connectivity index (χ2v) is 8.43. The van der Waals surface area contributed by atoms with E-state index in [1.807, 2.05) is 0 Å². The van der Waals surface area contributed by atoms with Gasteiger partial charge >= 0.3 is 6.18 Å². The van der Waals surface area contributed by atoms with Crippen molar-refractivity contribution in [2.24, 2.45) is 5.92 Å². The number of hydrogen-bond acceptors (Lipinski definition) is 4. The number of halogens is 3. The molecule has 6 nitrogen and oxygen atoms in total. The number of nitrogens with zero attached hydrogens (tertiary/aromatic N) is 2. The van der Waals surface area contributed by atoms with Crippen molar-refractivity contribution in [3.05, 3.63) is 42.2 Å². The number of amides is 1. The summed E-state index contributed by atoms with van der Waals surface area (Å²) in [7, 11) is -3.13. The Morgan fingerprint density at radius 2 is 2.12 bits per heavy atom. The number of hydrogen-bond donors (Lipinski definition) is 1. The number of rotatable bonds is 4. The number of carbonyl (C=O) groups is 1. The lowest BCUT2D eigenvalue weighted by Gasteiger charge is -2.15. The quantitative estimate of drug-likeness (QED) is 0.875. The Morgan fingerprint density at radius 3 is 2.69 bits per heavy atom. The van der Waals surface area contributed by atoms with Crippen LogP contribution < -0.4 is 5.32 Å². The SMILES string of the molecule is O=C(C[C@@H]1CCS(=O)(=O)C1)Nc1cc(C(F)(F)F)ccc1-n1cccn1. The van der Waals surface area contributed by atoms with Crippen molar-refractivity contribution in [3.8, 4) is 5.69 Å². The molecule has 2 aromatic rings. The summed E-state index contributed by atoms with van der Waals surface area (Å²) in [5, 5.41) is 6.44. The van der Waals surface area contributed by atoms with Crippen LogP contribution in [0.4, 0.5) is 18.9 Å². The van der Waals surface area contributed by atoms with E-state index < -0.39 is 27.5 Å². The van der Waals surface area contributed by atoms with Crippen LogP contribution in [0.3, 0.4) is 0 Å². The predicted molar refractivity (Wildman–Crippen MR) is 88.6 cm³/mol. The van der Waals surface area contributed by atoms with E-state index in [0.717, 1.165) is 12.1 Å². The topological polar surface area (TPSA) is 81.1 Å². The van der Waals surface area contributed by atoms with E-state index in [-0.39, 0.29) is 35.2 Å². The van der Waals surface area contributed by atoms with Crippen LogP contribution in [0.15, 0.2) is 36.7 Å². The summed E-state index contributed by atoms with van der Waals surface area (Å²) in [6.45, 7) is 0. The Bertz CT molecular complexity index is 909. The first-order valence-electron chi connectivity index (χ1n) is 7.85. The van der Waals surface area contributed by atoms with Crippen molar-refractivity contribution in [1.29, 1.82) is 0 Å². The van der Waals surface area contributed by atoms with Crippen molar-refractivity contribution < 1.29 is 26.4 Å². The molecule has 1 saturated heterocycles. The maximum absolute atomic E-state index is 13.0. The molecule has 10 heteroatoms. The third-order valence-corrected chi connectivity index (χ3v) is 5.99. The Labute approximate surface area is 147 Å². The average Bonchev–Trinajstić information content (AvgIpc) is 3.16. The van der Waals surface area contributed by atoms with Gasteiger partial charge in [-0.15, -0.1) is 0 Å². The van der Waals surface area contributed by atoms with Gasteiger partial charge in [-0.05, 0) is 36.6 Å². The molecule has 0 aliphatic carbocycles. The average molecular weight is 387 g/mol. The van der Waals surface area contributed by atoms with Gasteiger partial charge in [-0.25, -0.2) is 13.1 Å². The molecule has 1 aliphatic rings. The molecule has 1 atom stereocenters. The minimum absolute atomic E-state index is 0.0330. The summed E-state index contributed by atoms with van der Waals surface area (Å²) < 4.78 is 63.3. The van der Waals surface area contributed by atoms with Gasteiger partial charge in [-0.3, -0.25) is 4.79 Å². The summed E-state index contributed by atoms with van der Waals surface area (Å²) in [6, 6.07) is 4.59. The van der Waals surface area contributed by atoms with Gasteiger partial charge in [0.2, 0.25) is 5.91 Å². The Balaban J connectivity index is 1.83. The molecule has 140 valence electrons. The second kappa shape index (κ2) is 6.75. The molecule has 0 spiro atoms. The standard InChI is InChI=1S/C16H16F3N3O3S/c17-16(18,19)12-2-3-14(22-6-1-5-20-22)13(9-12)21-15(23)8-11-4-7-26(24,25)10-11/h1-3,5-6,9,11H,4,7-8,10H2,(H,21,23)/t11-/m0/s1. The zero-order valence-electron chi connectivity index (χ0n) is 13.5. The molecule has 3 rings (SSSR count). The number of sulfone groups is 1. The molecule has 2 heterocycles. The number of anilines is 1. The molecule has 0 saturated carbocycles. The zero-order chi connectivity index (χ0) is 18.9. The first-order chi connectivity index (χ1) is 12.1. The zero-order valence-corrected chi connectivity index (χ0v) is 14.3. The van der Waals surface area contributed by atoms with E-state index >= 15 is 0 Å². The summed E-state index contributed by atoms with van der Waals surface area (Å²) in [5.74, 6) is -0.888. The van der Waals surface area contributed by atoms with Crippen molar-refractivity contribution in [2.75, 3.05) is 16.8 Å². The molecule has 1 aliphatic heterocycles. The monoisotopic (exact) mass is 387 g/mol. The molecule has 1 N–H and O–H groups in total.